The molecule has 0 bridgehead atoms. The molecular formula is C29H24FNO4. The first-order valence-electron chi connectivity index (χ1n) is 11.4. The van der Waals surface area contributed by atoms with Gasteiger partial charge >= 0.3 is 0 Å². The zero-order valence-electron chi connectivity index (χ0n) is 18.8. The van der Waals surface area contributed by atoms with Gasteiger partial charge in [-0.1, -0.05) is 54.6 Å². The van der Waals surface area contributed by atoms with Crippen LogP contribution in [-0.2, 0) is 4.79 Å². The molecule has 0 aromatic heterocycles. The van der Waals surface area contributed by atoms with Crippen molar-refractivity contribution in [2.45, 2.75) is 18.6 Å². The molecule has 5 nitrogen and oxygen atoms in total. The first kappa shape index (κ1) is 22.6. The van der Waals surface area contributed by atoms with Gasteiger partial charge in [-0.05, 0) is 65.6 Å². The van der Waals surface area contributed by atoms with Crippen LogP contribution in [0.4, 0.5) is 10.1 Å². The fourth-order valence-electron chi connectivity index (χ4n) is 4.73. The quantitative estimate of drug-likeness (QED) is 0.315. The minimum absolute atomic E-state index is 0.0190. The molecule has 176 valence electrons. The van der Waals surface area contributed by atoms with E-state index in [0.717, 1.165) is 11.1 Å². The Kier molecular flexibility index (Phi) is 5.97. The summed E-state index contributed by atoms with van der Waals surface area (Å²) in [4.78, 5) is 14.9. The Morgan fingerprint density at radius 1 is 0.829 bits per heavy atom. The third-order valence-electron chi connectivity index (χ3n) is 6.51. The van der Waals surface area contributed by atoms with E-state index in [-0.39, 0.29) is 23.8 Å². The van der Waals surface area contributed by atoms with Crippen LogP contribution in [0.25, 0.3) is 11.1 Å². The van der Waals surface area contributed by atoms with Crippen LogP contribution in [0.5, 0.6) is 11.5 Å². The topological polar surface area (TPSA) is 81.0 Å². The van der Waals surface area contributed by atoms with Gasteiger partial charge in [0, 0.05) is 11.3 Å². The normalized spacial score (nSPS) is 18.2. The first-order valence-corrected chi connectivity index (χ1v) is 11.4. The van der Waals surface area contributed by atoms with Crippen molar-refractivity contribution in [2.24, 2.45) is 5.92 Å². The molecule has 1 amide bonds. The van der Waals surface area contributed by atoms with Gasteiger partial charge in [0.1, 0.15) is 17.3 Å². The van der Waals surface area contributed by atoms with E-state index in [9.17, 15) is 24.5 Å². The number of halogens is 1. The summed E-state index contributed by atoms with van der Waals surface area (Å²) in [7, 11) is 0. The molecule has 3 N–H and O–H groups in total. The molecule has 35 heavy (non-hydrogen) atoms. The summed E-state index contributed by atoms with van der Waals surface area (Å²) in [5.41, 5.74) is 3.27. The van der Waals surface area contributed by atoms with Crippen molar-refractivity contribution in [3.63, 3.8) is 0 Å². The van der Waals surface area contributed by atoms with Gasteiger partial charge in [0.25, 0.3) is 0 Å². The van der Waals surface area contributed by atoms with Crippen LogP contribution < -0.4 is 4.90 Å². The summed E-state index contributed by atoms with van der Waals surface area (Å²) in [6.07, 6.45) is -0.828. The Labute approximate surface area is 202 Å². The summed E-state index contributed by atoms with van der Waals surface area (Å²) in [5.74, 6) is -0.983. The van der Waals surface area contributed by atoms with Crippen LogP contribution >= 0.6 is 0 Å². The number of rotatable bonds is 6. The number of carbonyl (C=O) groups is 1. The number of para-hydroxylation sites is 1. The Morgan fingerprint density at radius 3 is 2.23 bits per heavy atom. The number of hydrogen-bond donors (Lipinski definition) is 3. The highest BCUT2D eigenvalue weighted by Crippen LogP contribution is 2.49. The number of phenols is 2. The molecule has 1 heterocycles. The number of phenolic OH excluding ortho intramolecular Hbond substituents is 2. The maximum atomic E-state index is 13.3. The first-order chi connectivity index (χ1) is 16.9. The number of hydrogen-bond acceptors (Lipinski definition) is 4. The lowest BCUT2D eigenvalue weighted by Gasteiger charge is -2.48. The second-order valence-corrected chi connectivity index (χ2v) is 8.72. The minimum Gasteiger partial charge on any atom is -0.508 e. The Hall–Kier alpha value is -4.16. The van der Waals surface area contributed by atoms with E-state index >= 15 is 0 Å². The van der Waals surface area contributed by atoms with Crippen LogP contribution in [0.15, 0.2) is 97.1 Å². The van der Waals surface area contributed by atoms with Crippen LogP contribution in [0.2, 0.25) is 0 Å². The molecule has 1 saturated heterocycles. The third-order valence-corrected chi connectivity index (χ3v) is 6.51. The summed E-state index contributed by atoms with van der Waals surface area (Å²) in [6, 6.07) is 26.3. The molecule has 0 aliphatic carbocycles. The number of aliphatic hydroxyl groups excluding tert-OH is 1. The summed E-state index contributed by atoms with van der Waals surface area (Å²) in [5, 5.41) is 31.6. The number of anilines is 1. The fourth-order valence-corrected chi connectivity index (χ4v) is 4.73. The average molecular weight is 470 g/mol. The van der Waals surface area contributed by atoms with Gasteiger partial charge in [0.2, 0.25) is 5.91 Å². The largest absolute Gasteiger partial charge is 0.508 e. The molecule has 0 spiro atoms. The molecular weight excluding hydrogens is 445 g/mol. The van der Waals surface area contributed by atoms with E-state index in [4.69, 9.17) is 0 Å². The third kappa shape index (κ3) is 4.36. The molecule has 3 atom stereocenters. The number of β-lactam (4-membered cyclic amide) rings is 1. The minimum atomic E-state index is -0.960. The number of benzene rings is 4. The van der Waals surface area contributed by atoms with Crippen LogP contribution in [0.3, 0.4) is 0 Å². The predicted octanol–water partition coefficient (Wildman–Crippen LogP) is 5.73. The number of aliphatic hydroxyl groups is 1. The lowest BCUT2D eigenvalue weighted by atomic mass is 9.77. The molecule has 5 rings (SSSR count). The van der Waals surface area contributed by atoms with Gasteiger partial charge in [0.05, 0.1) is 18.1 Å². The van der Waals surface area contributed by atoms with Crippen molar-refractivity contribution in [1.29, 1.82) is 0 Å². The Morgan fingerprint density at radius 2 is 1.54 bits per heavy atom. The molecule has 1 aliphatic rings. The van der Waals surface area contributed by atoms with Gasteiger partial charge in [-0.15, -0.1) is 0 Å². The van der Waals surface area contributed by atoms with E-state index < -0.39 is 23.9 Å². The SMILES string of the molecule is O=C1C(CC(O)c2ccc(F)cc2)C(c2ccc(-c3cccc(O)c3)cc2O)N1c1ccccc1. The highest BCUT2D eigenvalue weighted by atomic mass is 19.1. The van der Waals surface area contributed by atoms with Crippen LogP contribution in [-0.4, -0.2) is 21.2 Å². The highest BCUT2D eigenvalue weighted by molar-refractivity contribution is 6.03. The highest BCUT2D eigenvalue weighted by Gasteiger charge is 2.50. The molecule has 1 fully saturated rings. The Balaban J connectivity index is 1.49. The van der Waals surface area contributed by atoms with Crippen molar-refractivity contribution in [2.75, 3.05) is 4.90 Å². The predicted molar refractivity (Wildman–Crippen MR) is 131 cm³/mol. The van der Waals surface area contributed by atoms with Gasteiger partial charge in [-0.2, -0.15) is 0 Å². The monoisotopic (exact) mass is 469 g/mol. The van der Waals surface area contributed by atoms with Crippen molar-refractivity contribution in [1.82, 2.24) is 0 Å². The second kappa shape index (κ2) is 9.24. The van der Waals surface area contributed by atoms with E-state index in [1.165, 1.54) is 24.3 Å². The smallest absolute Gasteiger partial charge is 0.233 e. The molecule has 1 aliphatic heterocycles. The number of carbonyl (C=O) groups excluding carboxylic acids is 1. The number of nitrogens with zero attached hydrogens (tertiary/aromatic N) is 1. The zero-order valence-corrected chi connectivity index (χ0v) is 18.8. The summed E-state index contributed by atoms with van der Waals surface area (Å²) >= 11 is 0. The number of amides is 1. The van der Waals surface area contributed by atoms with Gasteiger partial charge in [-0.25, -0.2) is 4.39 Å². The molecule has 4 aromatic carbocycles. The van der Waals surface area contributed by atoms with Crippen molar-refractivity contribution < 1.29 is 24.5 Å². The fraction of sp³-hybridized carbons (Fsp3) is 0.138. The molecule has 3 unspecified atom stereocenters. The number of aromatic hydroxyl groups is 2. The van der Waals surface area contributed by atoms with E-state index in [0.29, 0.717) is 16.8 Å². The summed E-state index contributed by atoms with van der Waals surface area (Å²) in [6.45, 7) is 0. The maximum absolute atomic E-state index is 13.3. The van der Waals surface area contributed by atoms with Gasteiger partial charge < -0.3 is 20.2 Å². The lowest BCUT2D eigenvalue weighted by Crippen LogP contribution is -2.55. The Bertz CT molecular complexity index is 1360. The molecule has 6 heteroatoms. The summed E-state index contributed by atoms with van der Waals surface area (Å²) < 4.78 is 13.3. The standard InChI is InChI=1S/C29H24FNO4/c30-21-12-9-18(10-13-21)26(33)17-25-28(31(29(25)35)22-6-2-1-3-7-22)24-14-11-20(16-27(24)34)19-5-4-8-23(32)15-19/h1-16,25-26,28,32-34H,17H2. The van der Waals surface area contributed by atoms with Crippen molar-refractivity contribution in [3.05, 3.63) is 114 Å². The van der Waals surface area contributed by atoms with Gasteiger partial charge in [-0.3, -0.25) is 4.79 Å². The van der Waals surface area contributed by atoms with Crippen LogP contribution in [0, 0.1) is 11.7 Å². The molecule has 0 saturated carbocycles. The molecule has 0 radical (unpaired) electrons. The van der Waals surface area contributed by atoms with E-state index in [2.05, 4.69) is 0 Å². The average Bonchev–Trinajstić information content (AvgIpc) is 2.87. The maximum Gasteiger partial charge on any atom is 0.233 e. The van der Waals surface area contributed by atoms with Crippen LogP contribution in [0.1, 0.15) is 29.7 Å². The van der Waals surface area contributed by atoms with E-state index in [1.807, 2.05) is 42.5 Å². The second-order valence-electron chi connectivity index (χ2n) is 8.72. The zero-order chi connectivity index (χ0) is 24.5. The van der Waals surface area contributed by atoms with Crippen molar-refractivity contribution >= 4 is 11.6 Å². The van der Waals surface area contributed by atoms with Gasteiger partial charge in [0.15, 0.2) is 0 Å². The lowest BCUT2D eigenvalue weighted by molar-refractivity contribution is -0.132. The van der Waals surface area contributed by atoms with Crippen molar-refractivity contribution in [3.8, 4) is 22.6 Å². The molecule has 4 aromatic rings. The van der Waals surface area contributed by atoms with E-state index in [1.54, 1.807) is 35.2 Å².